The van der Waals surface area contributed by atoms with Gasteiger partial charge in [-0.25, -0.2) is 16.8 Å². The van der Waals surface area contributed by atoms with Crippen molar-refractivity contribution >= 4 is 42.8 Å². The van der Waals surface area contributed by atoms with E-state index in [1.165, 1.54) is 13.1 Å². The van der Waals surface area contributed by atoms with Crippen molar-refractivity contribution in [2.75, 3.05) is 25.6 Å². The van der Waals surface area contributed by atoms with Crippen LogP contribution in [-0.4, -0.2) is 46.7 Å². The zero-order valence-corrected chi connectivity index (χ0v) is 13.2. The number of thiophene rings is 1. The number of rotatable bonds is 6. The van der Waals surface area contributed by atoms with E-state index in [1.54, 1.807) is 5.38 Å². The largest absolute Gasteiger partial charge is 0.252 e. The Morgan fingerprint density at radius 2 is 1.94 bits per heavy atom. The summed E-state index contributed by atoms with van der Waals surface area (Å²) in [5.41, 5.74) is 0.733. The van der Waals surface area contributed by atoms with E-state index >= 15 is 0 Å². The molecule has 0 atom stereocenters. The van der Waals surface area contributed by atoms with Gasteiger partial charge in [-0.3, -0.25) is 0 Å². The molecule has 1 rings (SSSR count). The molecule has 18 heavy (non-hydrogen) atoms. The van der Waals surface area contributed by atoms with Gasteiger partial charge < -0.3 is 0 Å². The number of halogens is 1. The molecule has 9 heteroatoms. The van der Waals surface area contributed by atoms with Gasteiger partial charge >= 0.3 is 0 Å². The Labute approximate surface area is 116 Å². The van der Waals surface area contributed by atoms with E-state index in [0.717, 1.165) is 27.5 Å². The average molecular weight is 332 g/mol. The third-order valence-electron chi connectivity index (χ3n) is 2.23. The summed E-state index contributed by atoms with van der Waals surface area (Å²) in [6.45, 7) is -0.0602. The highest BCUT2D eigenvalue weighted by atomic mass is 35.5. The summed E-state index contributed by atoms with van der Waals surface area (Å²) in [7, 11) is -5.45. The molecule has 5 nitrogen and oxygen atoms in total. The predicted molar refractivity (Wildman–Crippen MR) is 73.4 cm³/mol. The average Bonchev–Trinajstić information content (AvgIpc) is 2.73. The van der Waals surface area contributed by atoms with Crippen molar-refractivity contribution in [1.29, 1.82) is 0 Å². The van der Waals surface area contributed by atoms with Gasteiger partial charge in [0.15, 0.2) is 0 Å². The maximum atomic E-state index is 12.1. The van der Waals surface area contributed by atoms with Crippen LogP contribution in [-0.2, 0) is 25.7 Å². The fourth-order valence-corrected chi connectivity index (χ4v) is 4.68. The van der Waals surface area contributed by atoms with E-state index in [-0.39, 0.29) is 22.4 Å². The van der Waals surface area contributed by atoms with Gasteiger partial charge in [0.1, 0.15) is 14.0 Å². The van der Waals surface area contributed by atoms with Gasteiger partial charge in [-0.15, -0.1) is 22.9 Å². The zero-order valence-electron chi connectivity index (χ0n) is 9.96. The molecule has 0 aliphatic rings. The monoisotopic (exact) mass is 331 g/mol. The Morgan fingerprint density at radius 1 is 1.33 bits per heavy atom. The van der Waals surface area contributed by atoms with Crippen LogP contribution in [0.3, 0.4) is 0 Å². The van der Waals surface area contributed by atoms with Crippen LogP contribution in [0.2, 0.25) is 0 Å². The lowest BCUT2D eigenvalue weighted by molar-refractivity contribution is 0.486. The lowest BCUT2D eigenvalue weighted by Crippen LogP contribution is -2.31. The first-order valence-corrected chi connectivity index (χ1v) is 9.86. The standard InChI is InChI=1S/C9H14ClNO4S3/c1-11(3-4-17(2,12)13)18(14,15)9-5-8(6-10)7-16-9/h5,7H,3-4,6H2,1-2H3. The molecule has 0 aliphatic heterocycles. The maximum Gasteiger partial charge on any atom is 0.252 e. The van der Waals surface area contributed by atoms with Crippen molar-refractivity contribution < 1.29 is 16.8 Å². The Bertz CT molecular complexity index is 606. The van der Waals surface area contributed by atoms with Crippen LogP contribution in [0.25, 0.3) is 0 Å². The number of hydrogen-bond acceptors (Lipinski definition) is 5. The van der Waals surface area contributed by atoms with Gasteiger partial charge in [0.05, 0.1) is 5.75 Å². The van der Waals surface area contributed by atoms with Crippen molar-refractivity contribution in [2.24, 2.45) is 0 Å². The normalized spacial score (nSPS) is 13.1. The Balaban J connectivity index is 2.86. The molecule has 0 N–H and O–H groups in total. The highest BCUT2D eigenvalue weighted by Crippen LogP contribution is 2.24. The SMILES string of the molecule is CN(CCS(C)(=O)=O)S(=O)(=O)c1cc(CCl)cs1. The molecule has 1 aromatic heterocycles. The molecule has 1 aromatic rings. The van der Waals surface area contributed by atoms with Crippen molar-refractivity contribution in [3.63, 3.8) is 0 Å². The van der Waals surface area contributed by atoms with Gasteiger partial charge in [-0.2, -0.15) is 4.31 Å². The summed E-state index contributed by atoms with van der Waals surface area (Å²) >= 11 is 6.69. The minimum atomic E-state index is -3.62. The van der Waals surface area contributed by atoms with Crippen LogP contribution >= 0.6 is 22.9 Å². The second kappa shape index (κ2) is 5.87. The topological polar surface area (TPSA) is 71.5 Å². The molecule has 0 aliphatic carbocycles. The molecular formula is C9H14ClNO4S3. The van der Waals surface area contributed by atoms with E-state index in [1.807, 2.05) is 0 Å². The van der Waals surface area contributed by atoms with Gasteiger partial charge in [0.2, 0.25) is 0 Å². The van der Waals surface area contributed by atoms with Crippen molar-refractivity contribution in [3.8, 4) is 0 Å². The predicted octanol–water partition coefficient (Wildman–Crippen LogP) is 1.15. The van der Waals surface area contributed by atoms with Crippen LogP contribution in [0.1, 0.15) is 5.56 Å². The molecule has 0 amide bonds. The first-order valence-electron chi connectivity index (χ1n) is 4.94. The highest BCUT2D eigenvalue weighted by Gasteiger charge is 2.23. The highest BCUT2D eigenvalue weighted by molar-refractivity contribution is 7.91. The third-order valence-corrected chi connectivity index (χ3v) is 6.78. The molecule has 0 bridgehead atoms. The first-order chi connectivity index (χ1) is 8.16. The lowest BCUT2D eigenvalue weighted by atomic mass is 10.4. The quantitative estimate of drug-likeness (QED) is 0.733. The van der Waals surface area contributed by atoms with Crippen LogP contribution in [0.15, 0.2) is 15.7 Å². The Hall–Kier alpha value is -0.150. The fraction of sp³-hybridized carbons (Fsp3) is 0.556. The van der Waals surface area contributed by atoms with Gasteiger partial charge in [-0.1, -0.05) is 0 Å². The summed E-state index contributed by atoms with van der Waals surface area (Å²) in [6, 6.07) is 1.50. The van der Waals surface area contributed by atoms with E-state index in [9.17, 15) is 16.8 Å². The summed E-state index contributed by atoms with van der Waals surface area (Å²) in [6.07, 6.45) is 1.07. The van der Waals surface area contributed by atoms with Crippen molar-refractivity contribution in [3.05, 3.63) is 17.0 Å². The van der Waals surface area contributed by atoms with Gasteiger partial charge in [-0.05, 0) is 17.0 Å². The summed E-state index contributed by atoms with van der Waals surface area (Å²) < 4.78 is 47.4. The minimum Gasteiger partial charge on any atom is -0.229 e. The molecule has 0 radical (unpaired) electrons. The van der Waals surface area contributed by atoms with Crippen LogP contribution in [0.4, 0.5) is 0 Å². The lowest BCUT2D eigenvalue weighted by Gasteiger charge is -2.15. The summed E-state index contributed by atoms with van der Waals surface area (Å²) in [5, 5.41) is 1.67. The van der Waals surface area contributed by atoms with E-state index in [4.69, 9.17) is 11.6 Å². The molecular weight excluding hydrogens is 318 g/mol. The number of sulfone groups is 1. The summed E-state index contributed by atoms with van der Waals surface area (Å²) in [5.74, 6) is 0.0511. The molecule has 0 saturated heterocycles. The molecule has 1 heterocycles. The minimum absolute atomic E-state index is 0.0602. The van der Waals surface area contributed by atoms with E-state index in [2.05, 4.69) is 0 Å². The van der Waals surface area contributed by atoms with Crippen LogP contribution in [0.5, 0.6) is 0 Å². The number of sulfonamides is 1. The second-order valence-electron chi connectivity index (χ2n) is 3.86. The Morgan fingerprint density at radius 3 is 2.39 bits per heavy atom. The first kappa shape index (κ1) is 15.9. The Kier molecular flexibility index (Phi) is 5.19. The van der Waals surface area contributed by atoms with Gasteiger partial charge in [0, 0.05) is 25.7 Å². The van der Waals surface area contributed by atoms with Crippen molar-refractivity contribution in [2.45, 2.75) is 10.1 Å². The van der Waals surface area contributed by atoms with E-state index < -0.39 is 19.9 Å². The third kappa shape index (κ3) is 4.20. The smallest absolute Gasteiger partial charge is 0.229 e. The second-order valence-corrected chi connectivity index (χ2v) is 9.57. The zero-order chi connectivity index (χ0) is 14.0. The van der Waals surface area contributed by atoms with Crippen LogP contribution < -0.4 is 0 Å². The number of alkyl halides is 1. The maximum absolute atomic E-state index is 12.1. The van der Waals surface area contributed by atoms with Crippen molar-refractivity contribution in [1.82, 2.24) is 4.31 Å². The molecule has 0 spiro atoms. The summed E-state index contributed by atoms with van der Waals surface area (Å²) in [4.78, 5) is 0. The number of hydrogen-bond donors (Lipinski definition) is 0. The van der Waals surface area contributed by atoms with Crippen LogP contribution in [0, 0.1) is 0 Å². The molecule has 0 fully saturated rings. The molecule has 0 unspecified atom stereocenters. The number of nitrogens with zero attached hydrogens (tertiary/aromatic N) is 1. The molecule has 104 valence electrons. The molecule has 0 aromatic carbocycles. The molecule has 0 saturated carbocycles. The van der Waals surface area contributed by atoms with E-state index in [0.29, 0.717) is 0 Å². The van der Waals surface area contributed by atoms with Gasteiger partial charge in [0.25, 0.3) is 10.0 Å². The fourth-order valence-electron chi connectivity index (χ4n) is 1.13.